The molecule has 3 rings (SSSR count). The van der Waals surface area contributed by atoms with Gasteiger partial charge in [0.2, 0.25) is 0 Å². The van der Waals surface area contributed by atoms with E-state index in [0.717, 1.165) is 22.7 Å². The van der Waals surface area contributed by atoms with Crippen LogP contribution in [0.1, 0.15) is 47.3 Å². The van der Waals surface area contributed by atoms with Gasteiger partial charge < -0.3 is 0 Å². The lowest BCUT2D eigenvalue weighted by atomic mass is 9.73. The highest BCUT2D eigenvalue weighted by atomic mass is 79.9. The molecule has 0 radical (unpaired) electrons. The van der Waals surface area contributed by atoms with E-state index >= 15 is 0 Å². The van der Waals surface area contributed by atoms with E-state index in [1.807, 2.05) is 6.07 Å². The van der Waals surface area contributed by atoms with Crippen LogP contribution in [-0.2, 0) is 5.41 Å². The maximum atomic E-state index is 12.2. The molecule has 0 bridgehead atoms. The van der Waals surface area contributed by atoms with Crippen LogP contribution < -0.4 is 0 Å². The Labute approximate surface area is 112 Å². The minimum Gasteiger partial charge on any atom is -0.293 e. The molecule has 2 aliphatic carbocycles. The Morgan fingerprint density at radius 2 is 2.06 bits per heavy atom. The second-order valence-corrected chi connectivity index (χ2v) is 7.34. The van der Waals surface area contributed by atoms with Crippen molar-refractivity contribution in [3.05, 3.63) is 20.8 Å². The summed E-state index contributed by atoms with van der Waals surface area (Å²) in [4.78, 5) is 13.4. The maximum absolute atomic E-state index is 12.2. The molecule has 1 atom stereocenters. The summed E-state index contributed by atoms with van der Waals surface area (Å²) in [5.41, 5.74) is 0.932. The predicted molar refractivity (Wildman–Crippen MR) is 71.1 cm³/mol. The quantitative estimate of drug-likeness (QED) is 0.641. The van der Waals surface area contributed by atoms with Gasteiger partial charge in [0.05, 0.1) is 9.16 Å². The second-order valence-electron chi connectivity index (χ2n) is 4.74. The largest absolute Gasteiger partial charge is 0.293 e. The van der Waals surface area contributed by atoms with Crippen LogP contribution in [0.5, 0.6) is 0 Å². The first-order valence-electron chi connectivity index (χ1n) is 5.63. The number of fused-ring (bicyclic) bond motifs is 2. The third kappa shape index (κ3) is 1.37. The molecule has 0 saturated heterocycles. The highest BCUT2D eigenvalue weighted by Crippen LogP contribution is 2.54. The van der Waals surface area contributed by atoms with Crippen LogP contribution in [0.3, 0.4) is 0 Å². The number of carbonyl (C=O) groups excluding carboxylic acids is 1. The number of Topliss-reactive ketones (excluding diaryl/α,β-unsaturated/α-hetero) is 1. The Kier molecular flexibility index (Phi) is 2.69. The molecule has 0 N–H and O–H groups in total. The zero-order chi connectivity index (χ0) is 11.3. The molecule has 1 nitrogen and oxygen atoms in total. The molecule has 1 aromatic heterocycles. The molecule has 1 spiro atoms. The van der Waals surface area contributed by atoms with Gasteiger partial charge in [-0.2, -0.15) is 0 Å². The molecule has 2 aliphatic rings. The molecule has 1 heterocycles. The summed E-state index contributed by atoms with van der Waals surface area (Å²) in [6.45, 7) is 0. The van der Waals surface area contributed by atoms with Crippen molar-refractivity contribution in [3.8, 4) is 0 Å². The van der Waals surface area contributed by atoms with Gasteiger partial charge in [0.25, 0.3) is 0 Å². The van der Waals surface area contributed by atoms with E-state index in [-0.39, 0.29) is 16.0 Å². The van der Waals surface area contributed by atoms with Gasteiger partial charge in [-0.05, 0) is 18.9 Å². The van der Waals surface area contributed by atoms with Crippen molar-refractivity contribution in [1.82, 2.24) is 0 Å². The molecule has 0 amide bonds. The lowest BCUT2D eigenvalue weighted by Gasteiger charge is -2.35. The van der Waals surface area contributed by atoms with E-state index in [9.17, 15) is 4.79 Å². The summed E-state index contributed by atoms with van der Waals surface area (Å²) in [7, 11) is 0. The topological polar surface area (TPSA) is 17.1 Å². The maximum Gasteiger partial charge on any atom is 0.178 e. The molecular weight excluding hydrogens is 308 g/mol. The van der Waals surface area contributed by atoms with Crippen LogP contribution in [0, 0.1) is 0 Å². The highest BCUT2D eigenvalue weighted by Gasteiger charge is 2.52. The van der Waals surface area contributed by atoms with E-state index in [1.54, 1.807) is 11.3 Å². The molecule has 86 valence electrons. The smallest absolute Gasteiger partial charge is 0.178 e. The van der Waals surface area contributed by atoms with Crippen LogP contribution >= 0.6 is 38.9 Å². The molecule has 1 fully saturated rings. The number of rotatable bonds is 0. The molecule has 0 aliphatic heterocycles. The monoisotopic (exact) mass is 318 g/mol. The summed E-state index contributed by atoms with van der Waals surface area (Å²) < 4.78 is 0.752. The van der Waals surface area contributed by atoms with Crippen molar-refractivity contribution in [2.24, 2.45) is 0 Å². The molecule has 4 heteroatoms. The van der Waals surface area contributed by atoms with E-state index in [0.29, 0.717) is 0 Å². The van der Waals surface area contributed by atoms with Gasteiger partial charge in [0.1, 0.15) is 0 Å². The SMILES string of the molecule is O=C1c2cc(Cl)sc2C2(CCCCC2)[C@H]1Br. The van der Waals surface area contributed by atoms with Gasteiger partial charge in [-0.1, -0.05) is 46.8 Å². The van der Waals surface area contributed by atoms with Crippen molar-refractivity contribution < 1.29 is 4.79 Å². The fourth-order valence-corrected chi connectivity index (χ4v) is 5.67. The fourth-order valence-electron chi connectivity index (χ4n) is 3.08. The average Bonchev–Trinajstić information content (AvgIpc) is 2.76. The van der Waals surface area contributed by atoms with Crippen LogP contribution in [0.15, 0.2) is 6.07 Å². The Hall–Kier alpha value is 0.140. The van der Waals surface area contributed by atoms with Crippen molar-refractivity contribution >= 4 is 44.7 Å². The van der Waals surface area contributed by atoms with Gasteiger partial charge >= 0.3 is 0 Å². The predicted octanol–water partition coefficient (Wildman–Crippen LogP) is 4.56. The number of hydrogen-bond acceptors (Lipinski definition) is 2. The number of hydrogen-bond donors (Lipinski definition) is 0. The third-order valence-electron chi connectivity index (χ3n) is 3.88. The summed E-state index contributed by atoms with van der Waals surface area (Å²) >= 11 is 11.3. The average molecular weight is 320 g/mol. The van der Waals surface area contributed by atoms with Gasteiger partial charge in [0, 0.05) is 15.9 Å². The van der Waals surface area contributed by atoms with E-state index in [1.165, 1.54) is 24.1 Å². The summed E-state index contributed by atoms with van der Waals surface area (Å²) in [5.74, 6) is 0.236. The minimum absolute atomic E-state index is 0.0150. The molecular formula is C12H12BrClOS. The van der Waals surface area contributed by atoms with Crippen molar-refractivity contribution in [1.29, 1.82) is 0 Å². The summed E-state index contributed by atoms with van der Waals surface area (Å²) in [6, 6.07) is 1.85. The van der Waals surface area contributed by atoms with Crippen LogP contribution in [0.2, 0.25) is 4.34 Å². The van der Waals surface area contributed by atoms with Crippen LogP contribution in [-0.4, -0.2) is 10.6 Å². The number of halogens is 2. The van der Waals surface area contributed by atoms with E-state index in [4.69, 9.17) is 11.6 Å². The molecule has 0 aromatic carbocycles. The summed E-state index contributed by atoms with van der Waals surface area (Å²) in [5, 5.41) is 0. The van der Waals surface area contributed by atoms with Crippen molar-refractivity contribution in [2.75, 3.05) is 0 Å². The van der Waals surface area contributed by atoms with E-state index < -0.39 is 0 Å². The van der Waals surface area contributed by atoms with E-state index in [2.05, 4.69) is 15.9 Å². The Morgan fingerprint density at radius 3 is 2.75 bits per heavy atom. The van der Waals surface area contributed by atoms with Gasteiger partial charge in [-0.25, -0.2) is 0 Å². The Morgan fingerprint density at radius 1 is 1.38 bits per heavy atom. The minimum atomic E-state index is -0.0150. The first-order valence-corrected chi connectivity index (χ1v) is 7.74. The summed E-state index contributed by atoms with van der Waals surface area (Å²) in [6.07, 6.45) is 6.00. The van der Waals surface area contributed by atoms with Gasteiger partial charge in [0.15, 0.2) is 5.78 Å². The molecule has 0 unspecified atom stereocenters. The van der Waals surface area contributed by atoms with Crippen molar-refractivity contribution in [3.63, 3.8) is 0 Å². The zero-order valence-corrected chi connectivity index (χ0v) is 11.9. The Balaban J connectivity index is 2.14. The number of thiophene rings is 1. The molecule has 16 heavy (non-hydrogen) atoms. The molecule has 1 saturated carbocycles. The Bertz CT molecular complexity index is 448. The highest BCUT2D eigenvalue weighted by molar-refractivity contribution is 9.10. The fraction of sp³-hybridized carbons (Fsp3) is 0.583. The van der Waals surface area contributed by atoms with Crippen molar-refractivity contribution in [2.45, 2.75) is 42.3 Å². The number of carbonyl (C=O) groups is 1. The van der Waals surface area contributed by atoms with Crippen LogP contribution in [0.25, 0.3) is 0 Å². The van der Waals surface area contributed by atoms with Crippen LogP contribution in [0.4, 0.5) is 0 Å². The zero-order valence-electron chi connectivity index (χ0n) is 8.76. The number of ketones is 1. The first kappa shape index (κ1) is 11.2. The normalized spacial score (nSPS) is 27.4. The molecule has 1 aromatic rings. The first-order chi connectivity index (χ1) is 7.65. The second kappa shape index (κ2) is 3.82. The third-order valence-corrected chi connectivity index (χ3v) is 6.66. The lowest BCUT2D eigenvalue weighted by Crippen LogP contribution is -2.36. The standard InChI is InChI=1S/C12H12BrClOS/c13-10-9(15)7-6-8(14)16-11(7)12(10)4-2-1-3-5-12/h6,10H,1-5H2/t10-/m0/s1. The lowest BCUT2D eigenvalue weighted by molar-refractivity contribution is 0.0974. The van der Waals surface area contributed by atoms with Gasteiger partial charge in [-0.3, -0.25) is 4.79 Å². The number of alkyl halides is 1. The van der Waals surface area contributed by atoms with Gasteiger partial charge in [-0.15, -0.1) is 11.3 Å².